The van der Waals surface area contributed by atoms with Crippen LogP contribution in [0.3, 0.4) is 0 Å². The number of unbranched alkanes of at least 4 members (excludes halogenated alkanes) is 40. The molecule has 1 amide bonds. The highest BCUT2D eigenvalue weighted by molar-refractivity contribution is 5.76. The highest BCUT2D eigenvalue weighted by atomic mass is 16.3. The third-order valence-electron chi connectivity index (χ3n) is 12.5. The molecule has 0 radical (unpaired) electrons. The lowest BCUT2D eigenvalue weighted by atomic mass is 10.0. The van der Waals surface area contributed by atoms with Gasteiger partial charge in [-0.05, 0) is 38.5 Å². The fourth-order valence-electron chi connectivity index (χ4n) is 8.48. The number of hydrogen-bond acceptors (Lipinski definition) is 3. The first-order chi connectivity index (χ1) is 28.2. The Morgan fingerprint density at radius 2 is 0.667 bits per heavy atom. The molecule has 2 unspecified atom stereocenters. The summed E-state index contributed by atoms with van der Waals surface area (Å²) in [5, 5.41) is 23.3. The third-order valence-corrected chi connectivity index (χ3v) is 12.5. The van der Waals surface area contributed by atoms with Gasteiger partial charge in [0.1, 0.15) is 0 Å². The summed E-state index contributed by atoms with van der Waals surface area (Å²) in [6.45, 7) is 4.39. The molecule has 0 aliphatic heterocycles. The van der Waals surface area contributed by atoms with Gasteiger partial charge in [-0.1, -0.05) is 270 Å². The number of nitrogens with one attached hydrogen (secondary N) is 1. The van der Waals surface area contributed by atoms with Gasteiger partial charge in [0.25, 0.3) is 0 Å². The largest absolute Gasteiger partial charge is 0.394 e. The molecule has 0 rings (SSSR count). The Balaban J connectivity index is 3.44. The van der Waals surface area contributed by atoms with Gasteiger partial charge in [-0.2, -0.15) is 0 Å². The summed E-state index contributed by atoms with van der Waals surface area (Å²) in [5.41, 5.74) is 0. The quantitative estimate of drug-likeness (QED) is 0.0424. The van der Waals surface area contributed by atoms with Gasteiger partial charge in [-0.3, -0.25) is 4.79 Å². The van der Waals surface area contributed by atoms with Crippen LogP contribution >= 0.6 is 0 Å². The van der Waals surface area contributed by atoms with Crippen molar-refractivity contribution in [3.05, 3.63) is 12.2 Å². The van der Waals surface area contributed by atoms with E-state index in [1.54, 1.807) is 0 Å². The van der Waals surface area contributed by atoms with Gasteiger partial charge in [0, 0.05) is 6.42 Å². The minimum atomic E-state index is -0.656. The van der Waals surface area contributed by atoms with E-state index in [1.807, 2.05) is 0 Å². The Hall–Kier alpha value is -0.870. The second kappa shape index (κ2) is 49.5. The van der Waals surface area contributed by atoms with Crippen LogP contribution in [0.4, 0.5) is 0 Å². The number of carbonyl (C=O) groups excluding carboxylic acids is 1. The van der Waals surface area contributed by atoms with E-state index in [4.69, 9.17) is 0 Å². The standard InChI is InChI=1S/C53H105NO3/c1-3-5-7-9-11-13-15-17-19-21-23-25-26-27-28-29-31-33-35-37-39-41-43-45-47-49-53(57)54-51(50-55)52(56)48-46-44-42-40-38-36-34-32-30-24-22-20-18-16-14-12-10-8-6-4-2/h21,23,51-52,55-56H,3-20,22,24-50H2,1-2H3,(H,54,57)/b23-21-. The zero-order valence-electron chi connectivity index (χ0n) is 39.1. The van der Waals surface area contributed by atoms with E-state index in [0.29, 0.717) is 12.8 Å². The van der Waals surface area contributed by atoms with Crippen LogP contribution in [0.2, 0.25) is 0 Å². The predicted octanol–water partition coefficient (Wildman–Crippen LogP) is 17.0. The molecular formula is C53H105NO3. The molecule has 0 aromatic carbocycles. The van der Waals surface area contributed by atoms with E-state index < -0.39 is 12.1 Å². The van der Waals surface area contributed by atoms with Crippen LogP contribution in [0.1, 0.15) is 303 Å². The molecule has 2 atom stereocenters. The lowest BCUT2D eigenvalue weighted by molar-refractivity contribution is -0.123. The lowest BCUT2D eigenvalue weighted by Gasteiger charge is -2.22. The highest BCUT2D eigenvalue weighted by Gasteiger charge is 2.20. The maximum atomic E-state index is 12.5. The summed E-state index contributed by atoms with van der Waals surface area (Å²) in [6.07, 6.45) is 63.2. The first-order valence-corrected chi connectivity index (χ1v) is 26.4. The molecule has 340 valence electrons. The van der Waals surface area contributed by atoms with Crippen molar-refractivity contribution in [1.82, 2.24) is 5.32 Å². The molecule has 0 aliphatic carbocycles. The van der Waals surface area contributed by atoms with E-state index >= 15 is 0 Å². The molecule has 0 aromatic heterocycles. The molecular weight excluding hydrogens is 699 g/mol. The highest BCUT2D eigenvalue weighted by Crippen LogP contribution is 2.17. The minimum Gasteiger partial charge on any atom is -0.394 e. The molecule has 0 saturated carbocycles. The van der Waals surface area contributed by atoms with Gasteiger partial charge in [0.05, 0.1) is 18.8 Å². The molecule has 4 nitrogen and oxygen atoms in total. The molecule has 0 heterocycles. The van der Waals surface area contributed by atoms with Crippen LogP contribution in [0.5, 0.6) is 0 Å². The summed E-state index contributed by atoms with van der Waals surface area (Å²) < 4.78 is 0. The van der Waals surface area contributed by atoms with Gasteiger partial charge in [0.2, 0.25) is 5.91 Å². The number of aliphatic hydroxyl groups excluding tert-OH is 2. The van der Waals surface area contributed by atoms with Crippen molar-refractivity contribution >= 4 is 5.91 Å². The number of amides is 1. The predicted molar refractivity (Wildman–Crippen MR) is 253 cm³/mol. The molecule has 0 aromatic rings. The molecule has 0 spiro atoms. The minimum absolute atomic E-state index is 0.0258. The van der Waals surface area contributed by atoms with Crippen LogP contribution in [0.15, 0.2) is 12.2 Å². The molecule has 0 saturated heterocycles. The summed E-state index contributed by atoms with van der Waals surface area (Å²) in [4.78, 5) is 12.5. The van der Waals surface area contributed by atoms with Crippen LogP contribution in [0, 0.1) is 0 Å². The fourth-order valence-corrected chi connectivity index (χ4v) is 8.48. The molecule has 4 heteroatoms. The van der Waals surface area contributed by atoms with Crippen LogP contribution in [-0.4, -0.2) is 34.9 Å². The number of hydrogen-bond donors (Lipinski definition) is 3. The van der Waals surface area contributed by atoms with Gasteiger partial charge < -0.3 is 15.5 Å². The maximum absolute atomic E-state index is 12.5. The van der Waals surface area contributed by atoms with Gasteiger partial charge in [0.15, 0.2) is 0 Å². The van der Waals surface area contributed by atoms with Crippen LogP contribution < -0.4 is 5.32 Å². The molecule has 0 fully saturated rings. The zero-order chi connectivity index (χ0) is 41.4. The number of allylic oxidation sites excluding steroid dienone is 2. The molecule has 0 aliphatic rings. The zero-order valence-corrected chi connectivity index (χ0v) is 39.1. The third kappa shape index (κ3) is 46.1. The second-order valence-corrected chi connectivity index (χ2v) is 18.3. The first-order valence-electron chi connectivity index (χ1n) is 26.4. The lowest BCUT2D eigenvalue weighted by Crippen LogP contribution is -2.45. The van der Waals surface area contributed by atoms with Crippen molar-refractivity contribution in [2.24, 2.45) is 0 Å². The van der Waals surface area contributed by atoms with Crippen molar-refractivity contribution in [1.29, 1.82) is 0 Å². The Kier molecular flexibility index (Phi) is 48.7. The topological polar surface area (TPSA) is 69.6 Å². The van der Waals surface area contributed by atoms with E-state index in [9.17, 15) is 15.0 Å². The van der Waals surface area contributed by atoms with Crippen LogP contribution in [-0.2, 0) is 4.79 Å². The number of aliphatic hydroxyl groups is 2. The first kappa shape index (κ1) is 56.1. The number of carbonyl (C=O) groups is 1. The summed E-state index contributed by atoms with van der Waals surface area (Å²) in [7, 11) is 0. The van der Waals surface area contributed by atoms with Crippen molar-refractivity contribution in [2.75, 3.05) is 6.61 Å². The SMILES string of the molecule is CCCCCCCCCC/C=C\CCCCCCCCCCCCCCCC(=O)NC(CO)C(O)CCCCCCCCCCCCCCCCCCCCCC. The van der Waals surface area contributed by atoms with Crippen molar-refractivity contribution in [3.63, 3.8) is 0 Å². The van der Waals surface area contributed by atoms with Gasteiger partial charge in [-0.25, -0.2) is 0 Å². The smallest absolute Gasteiger partial charge is 0.220 e. The van der Waals surface area contributed by atoms with Crippen LogP contribution in [0.25, 0.3) is 0 Å². The van der Waals surface area contributed by atoms with Crippen molar-refractivity contribution in [2.45, 2.75) is 315 Å². The average Bonchev–Trinajstić information content (AvgIpc) is 3.22. The maximum Gasteiger partial charge on any atom is 0.220 e. The van der Waals surface area contributed by atoms with Gasteiger partial charge in [-0.15, -0.1) is 0 Å². The number of rotatable bonds is 49. The van der Waals surface area contributed by atoms with E-state index in [1.165, 1.54) is 250 Å². The summed E-state index contributed by atoms with van der Waals surface area (Å²) >= 11 is 0. The Bertz CT molecular complexity index is 784. The molecule has 57 heavy (non-hydrogen) atoms. The van der Waals surface area contributed by atoms with Crippen molar-refractivity contribution < 1.29 is 15.0 Å². The monoisotopic (exact) mass is 804 g/mol. The summed E-state index contributed by atoms with van der Waals surface area (Å²) in [6, 6.07) is -0.533. The van der Waals surface area contributed by atoms with E-state index in [0.717, 1.165) is 25.7 Å². The Morgan fingerprint density at radius 1 is 0.404 bits per heavy atom. The summed E-state index contributed by atoms with van der Waals surface area (Å²) in [5.74, 6) is -0.0258. The fraction of sp³-hybridized carbons (Fsp3) is 0.943. The molecule has 3 N–H and O–H groups in total. The average molecular weight is 804 g/mol. The van der Waals surface area contributed by atoms with Crippen molar-refractivity contribution in [3.8, 4) is 0 Å². The van der Waals surface area contributed by atoms with E-state index in [-0.39, 0.29) is 12.5 Å². The second-order valence-electron chi connectivity index (χ2n) is 18.3. The van der Waals surface area contributed by atoms with E-state index in [2.05, 4.69) is 31.3 Å². The van der Waals surface area contributed by atoms with Gasteiger partial charge >= 0.3 is 0 Å². The Labute approximate surface area is 358 Å². The normalized spacial score (nSPS) is 12.8. The molecule has 0 bridgehead atoms. The Morgan fingerprint density at radius 3 is 0.965 bits per heavy atom.